The number of rotatable bonds is 6. The van der Waals surface area contributed by atoms with Crippen molar-refractivity contribution < 1.29 is 14.6 Å². The second kappa shape index (κ2) is 7.14. The van der Waals surface area contributed by atoms with Crippen molar-refractivity contribution in [3.8, 4) is 11.5 Å². The van der Waals surface area contributed by atoms with Gasteiger partial charge in [0.05, 0.1) is 7.11 Å². The van der Waals surface area contributed by atoms with E-state index in [1.54, 1.807) is 12.1 Å². The van der Waals surface area contributed by atoms with Crippen molar-refractivity contribution in [3.63, 3.8) is 0 Å². The number of ether oxygens (including phenoxy) is 1. The number of phenolic OH excluding ortho intramolecular Hbond substituents is 1. The van der Waals surface area contributed by atoms with Crippen LogP contribution in [-0.4, -0.2) is 42.7 Å². The van der Waals surface area contributed by atoms with Crippen LogP contribution in [0.25, 0.3) is 0 Å². The highest BCUT2D eigenvalue weighted by atomic mass is 16.5. The third-order valence-corrected chi connectivity index (χ3v) is 3.55. The first-order valence-electron chi connectivity index (χ1n) is 7.05. The molecule has 1 aromatic carbocycles. The molecule has 0 unspecified atom stereocenters. The van der Waals surface area contributed by atoms with Crippen molar-refractivity contribution in [2.24, 2.45) is 0 Å². The van der Waals surface area contributed by atoms with Gasteiger partial charge in [-0.3, -0.25) is 4.79 Å². The molecule has 2 rings (SSSR count). The summed E-state index contributed by atoms with van der Waals surface area (Å²) in [6, 6.07) is 5.25. The van der Waals surface area contributed by atoms with E-state index in [9.17, 15) is 9.90 Å². The molecular weight excluding hydrogens is 256 g/mol. The molecule has 1 fully saturated rings. The molecule has 1 amide bonds. The number of nitrogens with zero attached hydrogens (tertiary/aromatic N) is 1. The van der Waals surface area contributed by atoms with E-state index in [1.807, 2.05) is 11.0 Å². The molecule has 1 saturated heterocycles. The lowest BCUT2D eigenvalue weighted by atomic mass is 10.2. The van der Waals surface area contributed by atoms with Gasteiger partial charge in [-0.2, -0.15) is 0 Å². The van der Waals surface area contributed by atoms with Crippen LogP contribution in [0, 0.1) is 0 Å². The van der Waals surface area contributed by atoms with Crippen molar-refractivity contribution >= 4 is 5.91 Å². The topological polar surface area (TPSA) is 61.8 Å². The normalized spacial score (nSPS) is 14.6. The van der Waals surface area contributed by atoms with Gasteiger partial charge in [-0.25, -0.2) is 0 Å². The van der Waals surface area contributed by atoms with Gasteiger partial charge in [-0.05, 0) is 30.5 Å². The van der Waals surface area contributed by atoms with Crippen LogP contribution in [0.5, 0.6) is 11.5 Å². The Kier molecular flexibility index (Phi) is 5.24. The van der Waals surface area contributed by atoms with Gasteiger partial charge in [0.15, 0.2) is 11.5 Å². The number of methoxy groups -OCH3 is 1. The summed E-state index contributed by atoms with van der Waals surface area (Å²) in [5.74, 6) is 0.844. The Balaban J connectivity index is 1.71. The van der Waals surface area contributed by atoms with Gasteiger partial charge in [-0.15, -0.1) is 0 Å². The van der Waals surface area contributed by atoms with Crippen molar-refractivity contribution in [1.29, 1.82) is 0 Å². The SMILES string of the molecule is COc1cc(CNCCC(=O)N2CCCC2)ccc1O. The predicted molar refractivity (Wildman–Crippen MR) is 76.8 cm³/mol. The van der Waals surface area contributed by atoms with Crippen molar-refractivity contribution in [2.45, 2.75) is 25.8 Å². The molecule has 110 valence electrons. The zero-order valence-corrected chi connectivity index (χ0v) is 11.9. The summed E-state index contributed by atoms with van der Waals surface area (Å²) in [7, 11) is 1.53. The fourth-order valence-corrected chi connectivity index (χ4v) is 2.38. The van der Waals surface area contributed by atoms with Crippen LogP contribution in [0.3, 0.4) is 0 Å². The van der Waals surface area contributed by atoms with Crippen LogP contribution in [0.4, 0.5) is 0 Å². The minimum absolute atomic E-state index is 0.139. The molecule has 1 aliphatic heterocycles. The molecule has 0 aromatic heterocycles. The summed E-state index contributed by atoms with van der Waals surface area (Å²) in [6.45, 7) is 3.14. The lowest BCUT2D eigenvalue weighted by Gasteiger charge is -2.15. The molecule has 5 nitrogen and oxygen atoms in total. The van der Waals surface area contributed by atoms with Crippen molar-refractivity contribution in [2.75, 3.05) is 26.7 Å². The lowest BCUT2D eigenvalue weighted by Crippen LogP contribution is -2.30. The van der Waals surface area contributed by atoms with Gasteiger partial charge < -0.3 is 20.1 Å². The summed E-state index contributed by atoms with van der Waals surface area (Å²) in [5.41, 5.74) is 1.02. The summed E-state index contributed by atoms with van der Waals surface area (Å²) < 4.78 is 5.06. The molecule has 0 atom stereocenters. The van der Waals surface area contributed by atoms with E-state index in [0.717, 1.165) is 31.5 Å². The van der Waals surface area contributed by atoms with Crippen LogP contribution in [0.15, 0.2) is 18.2 Å². The van der Waals surface area contributed by atoms with Crippen LogP contribution in [-0.2, 0) is 11.3 Å². The molecule has 5 heteroatoms. The summed E-state index contributed by atoms with van der Waals surface area (Å²) in [5, 5.41) is 12.7. The number of aromatic hydroxyl groups is 1. The third-order valence-electron chi connectivity index (χ3n) is 3.55. The maximum atomic E-state index is 11.8. The number of phenols is 1. The largest absolute Gasteiger partial charge is 0.504 e. The second-order valence-electron chi connectivity index (χ2n) is 5.02. The molecule has 2 N–H and O–H groups in total. The summed E-state index contributed by atoms with van der Waals surface area (Å²) >= 11 is 0. The van der Waals surface area contributed by atoms with E-state index in [-0.39, 0.29) is 11.7 Å². The fraction of sp³-hybridized carbons (Fsp3) is 0.533. The number of carbonyl (C=O) groups is 1. The fourth-order valence-electron chi connectivity index (χ4n) is 2.38. The average molecular weight is 278 g/mol. The van der Waals surface area contributed by atoms with E-state index in [0.29, 0.717) is 25.3 Å². The van der Waals surface area contributed by atoms with Gasteiger partial charge >= 0.3 is 0 Å². The molecule has 0 bridgehead atoms. The monoisotopic (exact) mass is 278 g/mol. The predicted octanol–water partition coefficient (Wildman–Crippen LogP) is 1.50. The molecule has 1 heterocycles. The molecule has 0 spiro atoms. The summed E-state index contributed by atoms with van der Waals surface area (Å²) in [4.78, 5) is 13.8. The number of carbonyl (C=O) groups excluding carboxylic acids is 1. The van der Waals surface area contributed by atoms with E-state index in [4.69, 9.17) is 4.74 Å². The molecule has 0 radical (unpaired) electrons. The van der Waals surface area contributed by atoms with Gasteiger partial charge in [0.25, 0.3) is 0 Å². The van der Waals surface area contributed by atoms with E-state index >= 15 is 0 Å². The quantitative estimate of drug-likeness (QED) is 0.774. The highest BCUT2D eigenvalue weighted by molar-refractivity contribution is 5.76. The van der Waals surface area contributed by atoms with E-state index in [2.05, 4.69) is 5.32 Å². The smallest absolute Gasteiger partial charge is 0.223 e. The zero-order valence-electron chi connectivity index (χ0n) is 11.9. The van der Waals surface area contributed by atoms with Crippen LogP contribution in [0.2, 0.25) is 0 Å². The highest BCUT2D eigenvalue weighted by Gasteiger charge is 2.16. The van der Waals surface area contributed by atoms with Crippen LogP contribution in [0.1, 0.15) is 24.8 Å². The first-order valence-corrected chi connectivity index (χ1v) is 7.05. The Bertz CT molecular complexity index is 456. The minimum Gasteiger partial charge on any atom is -0.504 e. The Morgan fingerprint density at radius 3 is 2.85 bits per heavy atom. The Morgan fingerprint density at radius 1 is 1.40 bits per heavy atom. The van der Waals surface area contributed by atoms with Gasteiger partial charge in [0.1, 0.15) is 0 Å². The van der Waals surface area contributed by atoms with E-state index in [1.165, 1.54) is 7.11 Å². The number of nitrogens with one attached hydrogen (secondary N) is 1. The first kappa shape index (κ1) is 14.7. The summed E-state index contributed by atoms with van der Waals surface area (Å²) in [6.07, 6.45) is 2.80. The molecule has 0 saturated carbocycles. The Hall–Kier alpha value is -1.75. The lowest BCUT2D eigenvalue weighted by molar-refractivity contribution is -0.130. The van der Waals surface area contributed by atoms with Crippen LogP contribution >= 0.6 is 0 Å². The first-order chi connectivity index (χ1) is 9.70. The maximum absolute atomic E-state index is 11.8. The third kappa shape index (κ3) is 3.87. The Labute approximate surface area is 119 Å². The second-order valence-corrected chi connectivity index (χ2v) is 5.02. The van der Waals surface area contributed by atoms with Crippen molar-refractivity contribution in [3.05, 3.63) is 23.8 Å². The van der Waals surface area contributed by atoms with Crippen LogP contribution < -0.4 is 10.1 Å². The van der Waals surface area contributed by atoms with Crippen molar-refractivity contribution in [1.82, 2.24) is 10.2 Å². The number of amides is 1. The zero-order chi connectivity index (χ0) is 14.4. The van der Waals surface area contributed by atoms with Gasteiger partial charge in [-0.1, -0.05) is 6.07 Å². The number of hydrogen-bond acceptors (Lipinski definition) is 4. The maximum Gasteiger partial charge on any atom is 0.223 e. The Morgan fingerprint density at radius 2 is 2.15 bits per heavy atom. The standard InChI is InChI=1S/C15H22N2O3/c1-20-14-10-12(4-5-13(14)18)11-16-7-6-15(19)17-8-2-3-9-17/h4-5,10,16,18H,2-3,6-9,11H2,1H3. The molecular formula is C15H22N2O3. The molecule has 1 aromatic rings. The number of hydrogen-bond donors (Lipinski definition) is 2. The van der Waals surface area contributed by atoms with Gasteiger partial charge in [0, 0.05) is 32.6 Å². The number of benzene rings is 1. The highest BCUT2D eigenvalue weighted by Crippen LogP contribution is 2.26. The molecule has 1 aliphatic rings. The average Bonchev–Trinajstić information content (AvgIpc) is 2.99. The number of likely N-dealkylation sites (tertiary alicyclic amines) is 1. The molecule has 20 heavy (non-hydrogen) atoms. The van der Waals surface area contributed by atoms with E-state index < -0.39 is 0 Å². The minimum atomic E-state index is 0.139. The van der Waals surface area contributed by atoms with Gasteiger partial charge in [0.2, 0.25) is 5.91 Å². The molecule has 0 aliphatic carbocycles.